The van der Waals surface area contributed by atoms with Crippen LogP contribution in [0.25, 0.3) is 0 Å². The molecule has 1 saturated heterocycles. The molecule has 1 atom stereocenters. The smallest absolute Gasteiger partial charge is 0.240 e. The van der Waals surface area contributed by atoms with Crippen molar-refractivity contribution in [2.75, 3.05) is 18.0 Å². The maximum atomic E-state index is 12.5. The van der Waals surface area contributed by atoms with E-state index in [-0.39, 0.29) is 6.04 Å². The molecule has 6 heteroatoms. The molecule has 0 radical (unpaired) electrons. The van der Waals surface area contributed by atoms with Gasteiger partial charge in [0.05, 0.1) is 4.90 Å². The molecule has 1 aliphatic rings. The van der Waals surface area contributed by atoms with Gasteiger partial charge < -0.3 is 4.90 Å². The standard InChI is InChI=1S/C17H21N3O2S/c1-14-9-10-18-17(12-14)20-11-5-6-15(13-20)19-23(21,22)16-7-3-2-4-8-16/h2-4,7-10,12,15,19H,5-6,11,13H2,1H3/t15-/m0/s1. The summed E-state index contributed by atoms with van der Waals surface area (Å²) in [6.07, 6.45) is 3.58. The molecule has 0 aliphatic carbocycles. The molecule has 0 bridgehead atoms. The molecule has 2 heterocycles. The third kappa shape index (κ3) is 3.89. The van der Waals surface area contributed by atoms with Crippen LogP contribution in [-0.4, -0.2) is 32.5 Å². The summed E-state index contributed by atoms with van der Waals surface area (Å²) in [5, 5.41) is 0. The molecule has 0 amide bonds. The predicted octanol–water partition coefficient (Wildman–Crippen LogP) is 2.34. The third-order valence-electron chi connectivity index (χ3n) is 4.02. The molecule has 0 saturated carbocycles. The van der Waals surface area contributed by atoms with Crippen molar-refractivity contribution >= 4 is 15.8 Å². The molecule has 1 N–H and O–H groups in total. The fourth-order valence-electron chi connectivity index (χ4n) is 2.86. The quantitative estimate of drug-likeness (QED) is 0.934. The predicted molar refractivity (Wildman–Crippen MR) is 91.0 cm³/mol. The molecule has 1 fully saturated rings. The summed E-state index contributed by atoms with van der Waals surface area (Å²) in [5.74, 6) is 0.911. The number of sulfonamides is 1. The summed E-state index contributed by atoms with van der Waals surface area (Å²) < 4.78 is 27.7. The number of aromatic nitrogens is 1. The van der Waals surface area contributed by atoms with E-state index in [1.54, 1.807) is 30.5 Å². The largest absolute Gasteiger partial charge is 0.355 e. The first-order valence-corrected chi connectivity index (χ1v) is 9.28. The number of nitrogens with one attached hydrogen (secondary N) is 1. The van der Waals surface area contributed by atoms with E-state index >= 15 is 0 Å². The first kappa shape index (κ1) is 16.0. The van der Waals surface area contributed by atoms with Gasteiger partial charge in [-0.1, -0.05) is 18.2 Å². The maximum Gasteiger partial charge on any atom is 0.240 e. The lowest BCUT2D eigenvalue weighted by Gasteiger charge is -2.33. The first-order chi connectivity index (χ1) is 11.0. The van der Waals surface area contributed by atoms with Crippen LogP contribution in [0.5, 0.6) is 0 Å². The van der Waals surface area contributed by atoms with Crippen LogP contribution in [0.15, 0.2) is 53.6 Å². The third-order valence-corrected chi connectivity index (χ3v) is 5.56. The Balaban J connectivity index is 1.72. The minimum Gasteiger partial charge on any atom is -0.355 e. The second-order valence-electron chi connectivity index (χ2n) is 5.91. The molecule has 0 spiro atoms. The zero-order valence-electron chi connectivity index (χ0n) is 13.1. The second-order valence-corrected chi connectivity index (χ2v) is 7.62. The molecular weight excluding hydrogens is 310 g/mol. The number of hydrogen-bond acceptors (Lipinski definition) is 4. The van der Waals surface area contributed by atoms with Crippen LogP contribution in [0.3, 0.4) is 0 Å². The van der Waals surface area contributed by atoms with Crippen molar-refractivity contribution in [3.8, 4) is 0 Å². The van der Waals surface area contributed by atoms with E-state index in [4.69, 9.17) is 0 Å². The SMILES string of the molecule is Cc1ccnc(N2CCC[C@H](NS(=O)(=O)c3ccccc3)C2)c1. The Hall–Kier alpha value is -1.92. The van der Waals surface area contributed by atoms with Gasteiger partial charge in [0.15, 0.2) is 0 Å². The minimum absolute atomic E-state index is 0.101. The van der Waals surface area contributed by atoms with Gasteiger partial charge in [-0.15, -0.1) is 0 Å². The number of nitrogens with zero attached hydrogens (tertiary/aromatic N) is 2. The van der Waals surface area contributed by atoms with Crippen LogP contribution in [0, 0.1) is 6.92 Å². The Morgan fingerprint density at radius 1 is 1.22 bits per heavy atom. The summed E-state index contributed by atoms with van der Waals surface area (Å²) in [5.41, 5.74) is 1.15. The van der Waals surface area contributed by atoms with Gasteiger partial charge in [0, 0.05) is 25.3 Å². The van der Waals surface area contributed by atoms with Gasteiger partial charge in [0.25, 0.3) is 0 Å². The molecule has 3 rings (SSSR count). The fraction of sp³-hybridized carbons (Fsp3) is 0.353. The Kier molecular flexibility index (Phi) is 4.63. The Bertz CT molecular complexity index is 762. The zero-order valence-corrected chi connectivity index (χ0v) is 14.0. The van der Waals surface area contributed by atoms with E-state index in [2.05, 4.69) is 14.6 Å². The summed E-state index contributed by atoms with van der Waals surface area (Å²) in [6, 6.07) is 12.4. The molecule has 122 valence electrons. The first-order valence-electron chi connectivity index (χ1n) is 7.79. The number of pyridine rings is 1. The molecule has 1 aromatic heterocycles. The van der Waals surface area contributed by atoms with Crippen molar-refractivity contribution in [3.63, 3.8) is 0 Å². The molecule has 5 nitrogen and oxygen atoms in total. The van der Waals surface area contributed by atoms with Crippen molar-refractivity contribution in [2.45, 2.75) is 30.7 Å². The highest BCUT2D eigenvalue weighted by Gasteiger charge is 2.25. The zero-order chi connectivity index (χ0) is 16.3. The van der Waals surface area contributed by atoms with E-state index in [0.29, 0.717) is 11.4 Å². The maximum absolute atomic E-state index is 12.5. The number of rotatable bonds is 4. The van der Waals surface area contributed by atoms with Crippen molar-refractivity contribution in [3.05, 3.63) is 54.2 Å². The number of anilines is 1. The van der Waals surface area contributed by atoms with E-state index < -0.39 is 10.0 Å². The van der Waals surface area contributed by atoms with Gasteiger partial charge >= 0.3 is 0 Å². The monoisotopic (exact) mass is 331 g/mol. The van der Waals surface area contributed by atoms with Gasteiger partial charge in [0.1, 0.15) is 5.82 Å². The Labute approximate surface area is 137 Å². The highest BCUT2D eigenvalue weighted by Crippen LogP contribution is 2.20. The summed E-state index contributed by atoms with van der Waals surface area (Å²) in [7, 11) is -3.47. The molecular formula is C17H21N3O2S. The van der Waals surface area contributed by atoms with E-state index in [9.17, 15) is 8.42 Å². The number of hydrogen-bond donors (Lipinski definition) is 1. The molecule has 1 aromatic carbocycles. The fourth-order valence-corrected chi connectivity index (χ4v) is 4.14. The highest BCUT2D eigenvalue weighted by molar-refractivity contribution is 7.89. The highest BCUT2D eigenvalue weighted by atomic mass is 32.2. The molecule has 0 unspecified atom stereocenters. The summed E-state index contributed by atoms with van der Waals surface area (Å²) in [4.78, 5) is 6.86. The van der Waals surface area contributed by atoms with Crippen molar-refractivity contribution in [1.82, 2.24) is 9.71 Å². The lowest BCUT2D eigenvalue weighted by atomic mass is 10.1. The van der Waals surface area contributed by atoms with Gasteiger partial charge in [-0.25, -0.2) is 18.1 Å². The molecule has 2 aromatic rings. The van der Waals surface area contributed by atoms with E-state index in [1.165, 1.54) is 0 Å². The van der Waals surface area contributed by atoms with E-state index in [0.717, 1.165) is 30.8 Å². The van der Waals surface area contributed by atoms with Crippen LogP contribution in [0.4, 0.5) is 5.82 Å². The van der Waals surface area contributed by atoms with Gasteiger partial charge in [-0.2, -0.15) is 0 Å². The number of benzene rings is 1. The van der Waals surface area contributed by atoms with Crippen molar-refractivity contribution in [2.24, 2.45) is 0 Å². The Morgan fingerprint density at radius 3 is 2.74 bits per heavy atom. The van der Waals surface area contributed by atoms with Crippen LogP contribution >= 0.6 is 0 Å². The van der Waals surface area contributed by atoms with Crippen LogP contribution in [0.2, 0.25) is 0 Å². The number of piperidine rings is 1. The summed E-state index contributed by atoms with van der Waals surface area (Å²) >= 11 is 0. The van der Waals surface area contributed by atoms with Crippen molar-refractivity contribution < 1.29 is 8.42 Å². The van der Waals surface area contributed by atoms with Crippen molar-refractivity contribution in [1.29, 1.82) is 0 Å². The lowest BCUT2D eigenvalue weighted by Crippen LogP contribution is -2.48. The van der Waals surface area contributed by atoms with Gasteiger partial charge in [0.2, 0.25) is 10.0 Å². The lowest BCUT2D eigenvalue weighted by molar-refractivity contribution is 0.464. The topological polar surface area (TPSA) is 62.3 Å². The normalized spacial score (nSPS) is 18.8. The van der Waals surface area contributed by atoms with Gasteiger partial charge in [-0.3, -0.25) is 0 Å². The minimum atomic E-state index is -3.47. The molecule has 23 heavy (non-hydrogen) atoms. The second kappa shape index (κ2) is 6.68. The van der Waals surface area contributed by atoms with Gasteiger partial charge in [-0.05, 0) is 49.6 Å². The average molecular weight is 331 g/mol. The van der Waals surface area contributed by atoms with Crippen LogP contribution in [0.1, 0.15) is 18.4 Å². The molecule has 1 aliphatic heterocycles. The van der Waals surface area contributed by atoms with Crippen LogP contribution < -0.4 is 9.62 Å². The van der Waals surface area contributed by atoms with Crippen LogP contribution in [-0.2, 0) is 10.0 Å². The average Bonchev–Trinajstić information content (AvgIpc) is 2.55. The number of aryl methyl sites for hydroxylation is 1. The van der Waals surface area contributed by atoms with E-state index in [1.807, 2.05) is 25.1 Å². The Morgan fingerprint density at radius 2 is 2.00 bits per heavy atom. The summed E-state index contributed by atoms with van der Waals surface area (Å²) in [6.45, 7) is 3.58.